The Labute approximate surface area is 165 Å². The van der Waals surface area contributed by atoms with Gasteiger partial charge < -0.3 is 14.4 Å². The zero-order chi connectivity index (χ0) is 19.8. The molecule has 0 unspecified atom stereocenters. The Morgan fingerprint density at radius 1 is 1.00 bits per heavy atom. The Morgan fingerprint density at radius 3 is 2.39 bits per heavy atom. The normalized spacial score (nSPS) is 14.8. The molecule has 2 aromatic rings. The second-order valence-electron chi connectivity index (χ2n) is 6.78. The highest BCUT2D eigenvalue weighted by atomic mass is 16.5. The van der Waals surface area contributed by atoms with Gasteiger partial charge in [0, 0.05) is 32.7 Å². The van der Waals surface area contributed by atoms with Crippen LogP contribution in [0.3, 0.4) is 0 Å². The summed E-state index contributed by atoms with van der Waals surface area (Å²) in [7, 11) is 1.67. The third-order valence-electron chi connectivity index (χ3n) is 4.85. The lowest BCUT2D eigenvalue weighted by Crippen LogP contribution is -2.38. The van der Waals surface area contributed by atoms with Crippen LogP contribution in [0.4, 0.5) is 0 Å². The molecule has 0 bridgehead atoms. The van der Waals surface area contributed by atoms with E-state index in [1.165, 1.54) is 5.56 Å². The van der Waals surface area contributed by atoms with E-state index in [0.717, 1.165) is 38.3 Å². The first-order chi connectivity index (χ1) is 13.7. The van der Waals surface area contributed by atoms with Crippen molar-refractivity contribution in [1.82, 2.24) is 9.80 Å². The number of methoxy groups -OCH3 is 1. The second-order valence-corrected chi connectivity index (χ2v) is 6.78. The van der Waals surface area contributed by atoms with Crippen LogP contribution in [0.25, 0.3) is 0 Å². The number of nitrogens with zero attached hydrogens (tertiary/aromatic N) is 3. The number of hydrogen-bond donors (Lipinski definition) is 0. The summed E-state index contributed by atoms with van der Waals surface area (Å²) in [5, 5.41) is 8.82. The topological polar surface area (TPSA) is 65.8 Å². The van der Waals surface area contributed by atoms with E-state index in [-0.39, 0.29) is 12.5 Å². The molecule has 3 rings (SSSR count). The molecule has 6 nitrogen and oxygen atoms in total. The first-order valence-corrected chi connectivity index (χ1v) is 9.44. The van der Waals surface area contributed by atoms with Gasteiger partial charge in [0.1, 0.15) is 11.5 Å². The van der Waals surface area contributed by atoms with Crippen molar-refractivity contribution in [2.24, 2.45) is 0 Å². The van der Waals surface area contributed by atoms with Crippen LogP contribution in [0.5, 0.6) is 11.5 Å². The van der Waals surface area contributed by atoms with Crippen molar-refractivity contribution in [1.29, 1.82) is 5.26 Å². The number of rotatable bonds is 6. The van der Waals surface area contributed by atoms with Crippen LogP contribution in [0.1, 0.15) is 17.5 Å². The molecule has 28 heavy (non-hydrogen) atoms. The molecule has 1 fully saturated rings. The molecule has 6 heteroatoms. The van der Waals surface area contributed by atoms with E-state index in [0.29, 0.717) is 17.9 Å². The highest BCUT2D eigenvalue weighted by molar-refractivity contribution is 5.77. The van der Waals surface area contributed by atoms with Crippen LogP contribution in [0.2, 0.25) is 0 Å². The Balaban J connectivity index is 1.46. The maximum absolute atomic E-state index is 12.5. The maximum Gasteiger partial charge on any atom is 0.260 e. The zero-order valence-electron chi connectivity index (χ0n) is 16.1. The smallest absolute Gasteiger partial charge is 0.260 e. The average molecular weight is 379 g/mol. The highest BCUT2D eigenvalue weighted by Gasteiger charge is 2.19. The minimum Gasteiger partial charge on any atom is -0.497 e. The lowest BCUT2D eigenvalue weighted by Gasteiger charge is -2.22. The van der Waals surface area contributed by atoms with Crippen LogP contribution in [-0.2, 0) is 11.3 Å². The number of carbonyl (C=O) groups is 1. The largest absolute Gasteiger partial charge is 0.497 e. The summed E-state index contributed by atoms with van der Waals surface area (Å²) >= 11 is 0. The molecule has 2 aromatic carbocycles. The van der Waals surface area contributed by atoms with Crippen molar-refractivity contribution >= 4 is 5.91 Å². The number of carbonyl (C=O) groups excluding carboxylic acids is 1. The van der Waals surface area contributed by atoms with Gasteiger partial charge in [-0.2, -0.15) is 5.26 Å². The van der Waals surface area contributed by atoms with E-state index < -0.39 is 0 Å². The molecular weight excluding hydrogens is 354 g/mol. The first kappa shape index (κ1) is 19.7. The highest BCUT2D eigenvalue weighted by Crippen LogP contribution is 2.15. The molecule has 1 aliphatic rings. The van der Waals surface area contributed by atoms with Crippen LogP contribution < -0.4 is 9.47 Å². The molecule has 0 spiro atoms. The molecule has 0 saturated carbocycles. The van der Waals surface area contributed by atoms with Gasteiger partial charge in [-0.25, -0.2) is 0 Å². The third-order valence-corrected chi connectivity index (χ3v) is 4.85. The molecule has 1 aliphatic heterocycles. The molecule has 1 heterocycles. The summed E-state index contributed by atoms with van der Waals surface area (Å²) in [5.74, 6) is 1.46. The van der Waals surface area contributed by atoms with Crippen LogP contribution in [0, 0.1) is 11.3 Å². The van der Waals surface area contributed by atoms with Gasteiger partial charge in [-0.15, -0.1) is 0 Å². The van der Waals surface area contributed by atoms with E-state index in [4.69, 9.17) is 14.7 Å². The zero-order valence-corrected chi connectivity index (χ0v) is 16.1. The molecule has 0 radical (unpaired) electrons. The molecule has 0 aromatic heterocycles. The van der Waals surface area contributed by atoms with Crippen molar-refractivity contribution < 1.29 is 14.3 Å². The van der Waals surface area contributed by atoms with Crippen molar-refractivity contribution in [3.05, 3.63) is 59.7 Å². The van der Waals surface area contributed by atoms with Gasteiger partial charge in [0.15, 0.2) is 6.61 Å². The number of ether oxygens (including phenoxy) is 2. The van der Waals surface area contributed by atoms with Gasteiger partial charge >= 0.3 is 0 Å². The number of nitriles is 1. The van der Waals surface area contributed by atoms with Crippen LogP contribution in [-0.4, -0.2) is 55.6 Å². The van der Waals surface area contributed by atoms with Gasteiger partial charge in [-0.3, -0.25) is 9.69 Å². The fourth-order valence-corrected chi connectivity index (χ4v) is 3.23. The predicted molar refractivity (Wildman–Crippen MR) is 106 cm³/mol. The standard InChI is InChI=1S/C22H25N3O3/c1-27-20-7-5-19(6-8-20)16-24-11-2-12-25(14-13-24)22(26)17-28-21-9-3-18(15-23)4-10-21/h3-10H,2,11-14,16-17H2,1H3. The first-order valence-electron chi connectivity index (χ1n) is 9.44. The molecule has 1 saturated heterocycles. The van der Waals surface area contributed by atoms with Gasteiger partial charge in [0.2, 0.25) is 0 Å². The Morgan fingerprint density at radius 2 is 1.71 bits per heavy atom. The Hall–Kier alpha value is -3.04. The fourth-order valence-electron chi connectivity index (χ4n) is 3.23. The van der Waals surface area contributed by atoms with Crippen molar-refractivity contribution in [2.45, 2.75) is 13.0 Å². The summed E-state index contributed by atoms with van der Waals surface area (Å²) < 4.78 is 10.8. The quantitative estimate of drug-likeness (QED) is 0.772. The van der Waals surface area contributed by atoms with E-state index in [9.17, 15) is 4.79 Å². The molecule has 0 N–H and O–H groups in total. The molecular formula is C22H25N3O3. The van der Waals surface area contributed by atoms with Gasteiger partial charge in [0.25, 0.3) is 5.91 Å². The summed E-state index contributed by atoms with van der Waals surface area (Å²) in [6, 6.07) is 17.0. The lowest BCUT2D eigenvalue weighted by atomic mass is 10.2. The SMILES string of the molecule is COc1ccc(CN2CCCN(C(=O)COc3ccc(C#N)cc3)CC2)cc1. The van der Waals surface area contributed by atoms with Crippen molar-refractivity contribution in [3.63, 3.8) is 0 Å². The molecule has 0 atom stereocenters. The van der Waals surface area contributed by atoms with E-state index in [1.54, 1.807) is 31.4 Å². The summed E-state index contributed by atoms with van der Waals surface area (Å²) in [5.41, 5.74) is 1.81. The molecule has 146 valence electrons. The van der Waals surface area contributed by atoms with Gasteiger partial charge in [-0.05, 0) is 48.4 Å². The fraction of sp³-hybridized carbons (Fsp3) is 0.364. The Kier molecular flexibility index (Phi) is 6.88. The average Bonchev–Trinajstić information content (AvgIpc) is 2.98. The summed E-state index contributed by atoms with van der Waals surface area (Å²) in [6.45, 7) is 4.14. The Bertz CT molecular complexity index is 812. The lowest BCUT2D eigenvalue weighted by molar-refractivity contribution is -0.133. The third kappa shape index (κ3) is 5.48. The number of benzene rings is 2. The molecule has 0 aliphatic carbocycles. The van der Waals surface area contributed by atoms with E-state index >= 15 is 0 Å². The number of amides is 1. The number of hydrogen-bond acceptors (Lipinski definition) is 5. The predicted octanol–water partition coefficient (Wildman–Crippen LogP) is 2.68. The van der Waals surface area contributed by atoms with E-state index in [2.05, 4.69) is 23.1 Å². The summed E-state index contributed by atoms with van der Waals surface area (Å²) in [6.07, 6.45) is 0.943. The van der Waals surface area contributed by atoms with Gasteiger partial charge in [-0.1, -0.05) is 12.1 Å². The van der Waals surface area contributed by atoms with Crippen LogP contribution >= 0.6 is 0 Å². The minimum atomic E-state index is -0.00402. The van der Waals surface area contributed by atoms with E-state index in [1.807, 2.05) is 17.0 Å². The minimum absolute atomic E-state index is 0.00402. The summed E-state index contributed by atoms with van der Waals surface area (Å²) in [4.78, 5) is 16.7. The van der Waals surface area contributed by atoms with Crippen molar-refractivity contribution in [3.8, 4) is 17.6 Å². The monoisotopic (exact) mass is 379 g/mol. The van der Waals surface area contributed by atoms with Crippen LogP contribution in [0.15, 0.2) is 48.5 Å². The maximum atomic E-state index is 12.5. The second kappa shape index (κ2) is 9.77. The van der Waals surface area contributed by atoms with Crippen molar-refractivity contribution in [2.75, 3.05) is 39.9 Å². The molecule has 1 amide bonds. The van der Waals surface area contributed by atoms with Gasteiger partial charge in [0.05, 0.1) is 18.7 Å².